The van der Waals surface area contributed by atoms with E-state index in [2.05, 4.69) is 222 Å². The highest BCUT2D eigenvalue weighted by Gasteiger charge is 2.51. The monoisotopic (exact) mass is 794 g/mol. The predicted molar refractivity (Wildman–Crippen MR) is 253 cm³/mol. The van der Waals surface area contributed by atoms with Crippen molar-refractivity contribution in [2.75, 3.05) is 4.90 Å². The van der Waals surface area contributed by atoms with Crippen LogP contribution in [0.5, 0.6) is 5.75 Å². The molecule has 0 fully saturated rings. The van der Waals surface area contributed by atoms with E-state index >= 15 is 0 Å². The lowest BCUT2D eigenvalue weighted by molar-refractivity contribution is 0.196. The molecule has 2 atom stereocenters. The molecule has 0 aliphatic carbocycles. The lowest BCUT2D eigenvalue weighted by atomic mass is 9.92. The third-order valence-electron chi connectivity index (χ3n) is 12.9. The first kappa shape index (κ1) is 34.8. The Bertz CT molecular complexity index is 3390. The number of rotatable bonds is 6. The molecule has 4 heterocycles. The molecule has 4 heteroatoms. The molecular formula is C58H38N2O2. The molecule has 0 spiro atoms. The number of hydrogen-bond donors (Lipinski definition) is 0. The second-order valence-electron chi connectivity index (χ2n) is 16.3. The van der Waals surface area contributed by atoms with Crippen molar-refractivity contribution in [1.29, 1.82) is 0 Å². The smallest absolute Gasteiger partial charge is 0.183 e. The van der Waals surface area contributed by atoms with Crippen LogP contribution >= 0.6 is 0 Å². The lowest BCUT2D eigenvalue weighted by Gasteiger charge is -2.29. The molecule has 2 unspecified atom stereocenters. The summed E-state index contributed by atoms with van der Waals surface area (Å²) in [5, 5.41) is 3.47. The minimum absolute atomic E-state index is 0.0963. The summed E-state index contributed by atoms with van der Waals surface area (Å²) in [5.41, 5.74) is 17.1. The van der Waals surface area contributed by atoms with Gasteiger partial charge >= 0.3 is 0 Å². The number of hydrogen-bond acceptors (Lipinski definition) is 3. The Balaban J connectivity index is 1.07. The van der Waals surface area contributed by atoms with Crippen LogP contribution in [0.3, 0.4) is 0 Å². The first-order valence-corrected chi connectivity index (χ1v) is 21.3. The molecule has 4 nitrogen and oxygen atoms in total. The van der Waals surface area contributed by atoms with E-state index in [9.17, 15) is 0 Å². The maximum Gasteiger partial charge on any atom is 0.183 e. The molecule has 2 aliphatic rings. The molecular weight excluding hydrogens is 757 g/mol. The summed E-state index contributed by atoms with van der Waals surface area (Å²) in [5.74, 6) is 1.77. The highest BCUT2D eigenvalue weighted by molar-refractivity contribution is 6.13. The molecule has 62 heavy (non-hydrogen) atoms. The van der Waals surface area contributed by atoms with Gasteiger partial charge in [-0.05, 0) is 99.1 Å². The van der Waals surface area contributed by atoms with Gasteiger partial charge in [0.15, 0.2) is 11.9 Å². The van der Waals surface area contributed by atoms with Gasteiger partial charge in [-0.25, -0.2) is 0 Å². The number of para-hydroxylation sites is 4. The summed E-state index contributed by atoms with van der Waals surface area (Å²) < 4.78 is 15.9. The summed E-state index contributed by atoms with van der Waals surface area (Å²) >= 11 is 0. The highest BCUT2D eigenvalue weighted by Crippen LogP contribution is 2.62. The summed E-state index contributed by atoms with van der Waals surface area (Å²) in [6, 6.07) is 78.5. The minimum Gasteiger partial charge on any atom is -0.479 e. The molecule has 0 saturated carbocycles. The van der Waals surface area contributed by atoms with Crippen LogP contribution in [0.25, 0.3) is 83.0 Å². The van der Waals surface area contributed by atoms with Crippen LogP contribution in [-0.4, -0.2) is 4.57 Å². The Morgan fingerprint density at radius 3 is 1.52 bits per heavy atom. The average Bonchev–Trinajstić information content (AvgIpc) is 4.09. The standard InChI is InChI=1S/C58H38N2O2/c1-3-17-37(18-4-1)41-21-7-9-23-43(41)39-31-33-49-47(35-39)48-36-40(44-24-10-8-22-42(44)38-19-5-2-6-20-38)32-34-50(48)59(49)51-27-13-14-28-52(51)60-55-45-25-11-15-29-53(45)61-57(55)58-56(60)46-26-12-16-30-54(46)62-58/h1-36,55,57H. The maximum absolute atomic E-state index is 6.76. The van der Waals surface area contributed by atoms with Crippen LogP contribution in [0, 0.1) is 0 Å². The van der Waals surface area contributed by atoms with Gasteiger partial charge in [-0.15, -0.1) is 0 Å². The van der Waals surface area contributed by atoms with Crippen molar-refractivity contribution >= 4 is 44.1 Å². The van der Waals surface area contributed by atoms with Crippen molar-refractivity contribution < 1.29 is 9.15 Å². The van der Waals surface area contributed by atoms with E-state index in [0.717, 1.165) is 56.1 Å². The third-order valence-corrected chi connectivity index (χ3v) is 12.9. The van der Waals surface area contributed by atoms with E-state index in [1.807, 2.05) is 6.07 Å². The van der Waals surface area contributed by atoms with Gasteiger partial charge in [0.2, 0.25) is 0 Å². The zero-order valence-electron chi connectivity index (χ0n) is 33.7. The molecule has 0 amide bonds. The zero-order valence-corrected chi connectivity index (χ0v) is 33.7. The quantitative estimate of drug-likeness (QED) is 0.168. The Morgan fingerprint density at radius 1 is 0.387 bits per heavy atom. The lowest BCUT2D eigenvalue weighted by Crippen LogP contribution is -2.22. The van der Waals surface area contributed by atoms with Crippen molar-refractivity contribution in [3.63, 3.8) is 0 Å². The topological polar surface area (TPSA) is 30.5 Å². The van der Waals surface area contributed by atoms with Gasteiger partial charge in [-0.1, -0.05) is 164 Å². The van der Waals surface area contributed by atoms with Gasteiger partial charge in [0, 0.05) is 21.7 Å². The molecule has 11 aromatic rings. The molecule has 9 aromatic carbocycles. The Hall–Kier alpha value is -8.08. The van der Waals surface area contributed by atoms with E-state index in [1.165, 1.54) is 55.3 Å². The van der Waals surface area contributed by atoms with E-state index < -0.39 is 0 Å². The summed E-state index contributed by atoms with van der Waals surface area (Å²) in [6.07, 6.45) is -0.277. The maximum atomic E-state index is 6.76. The Morgan fingerprint density at radius 2 is 0.887 bits per heavy atom. The number of ether oxygens (including phenoxy) is 1. The van der Waals surface area contributed by atoms with Gasteiger partial charge in [0.25, 0.3) is 0 Å². The van der Waals surface area contributed by atoms with E-state index in [4.69, 9.17) is 9.15 Å². The zero-order chi connectivity index (χ0) is 40.7. The van der Waals surface area contributed by atoms with Crippen LogP contribution in [-0.2, 0) is 0 Å². The van der Waals surface area contributed by atoms with Gasteiger partial charge in [-0.2, -0.15) is 0 Å². The molecule has 13 rings (SSSR count). The minimum atomic E-state index is -0.277. The molecule has 0 bridgehead atoms. The second-order valence-corrected chi connectivity index (χ2v) is 16.3. The largest absolute Gasteiger partial charge is 0.479 e. The number of fused-ring (bicyclic) bond motifs is 10. The molecule has 292 valence electrons. The predicted octanol–water partition coefficient (Wildman–Crippen LogP) is 15.5. The fourth-order valence-electron chi connectivity index (χ4n) is 10.3. The van der Waals surface area contributed by atoms with Gasteiger partial charge in [0.05, 0.1) is 28.1 Å². The van der Waals surface area contributed by atoms with E-state index in [1.54, 1.807) is 0 Å². The Labute approximate surface area is 359 Å². The molecule has 2 aromatic heterocycles. The van der Waals surface area contributed by atoms with Crippen molar-refractivity contribution in [2.45, 2.75) is 12.1 Å². The van der Waals surface area contributed by atoms with Gasteiger partial charge in [-0.3, -0.25) is 0 Å². The van der Waals surface area contributed by atoms with E-state index in [-0.39, 0.29) is 12.1 Å². The fraction of sp³-hybridized carbons (Fsp3) is 0.0345. The van der Waals surface area contributed by atoms with Crippen molar-refractivity contribution in [3.8, 4) is 55.9 Å². The average molecular weight is 795 g/mol. The third kappa shape index (κ3) is 5.20. The van der Waals surface area contributed by atoms with Crippen molar-refractivity contribution in [1.82, 2.24) is 4.57 Å². The Kier molecular flexibility index (Phi) is 7.70. The van der Waals surface area contributed by atoms with Crippen LogP contribution < -0.4 is 9.64 Å². The molecule has 2 aliphatic heterocycles. The number of anilines is 2. The van der Waals surface area contributed by atoms with Crippen LogP contribution in [0.1, 0.15) is 23.5 Å². The highest BCUT2D eigenvalue weighted by atomic mass is 16.5. The van der Waals surface area contributed by atoms with Gasteiger partial charge < -0.3 is 18.6 Å². The second kappa shape index (κ2) is 13.7. The van der Waals surface area contributed by atoms with E-state index in [0.29, 0.717) is 0 Å². The van der Waals surface area contributed by atoms with Crippen LogP contribution in [0.4, 0.5) is 11.4 Å². The molecule has 0 N–H and O–H groups in total. The van der Waals surface area contributed by atoms with Crippen LogP contribution in [0.15, 0.2) is 223 Å². The fourth-order valence-corrected chi connectivity index (χ4v) is 10.3. The van der Waals surface area contributed by atoms with Gasteiger partial charge in [0.1, 0.15) is 17.4 Å². The SMILES string of the molecule is c1ccc(-c2ccccc2-c2ccc3c(c2)c2cc(-c4ccccc4-c4ccccc4)ccc2n3-c2ccccc2N2c3c(oc4ccccc34)C3Oc4ccccc4C32)cc1. The number of aromatic nitrogens is 1. The molecule has 0 radical (unpaired) electrons. The summed E-state index contributed by atoms with van der Waals surface area (Å²) in [6.45, 7) is 0. The number of furan rings is 1. The first-order chi connectivity index (χ1) is 30.8. The number of benzene rings is 9. The molecule has 0 saturated heterocycles. The first-order valence-electron chi connectivity index (χ1n) is 21.3. The summed E-state index contributed by atoms with van der Waals surface area (Å²) in [4.78, 5) is 2.49. The number of nitrogens with zero attached hydrogens (tertiary/aromatic N) is 2. The van der Waals surface area contributed by atoms with Crippen molar-refractivity contribution in [2.24, 2.45) is 0 Å². The van der Waals surface area contributed by atoms with Crippen LogP contribution in [0.2, 0.25) is 0 Å². The summed E-state index contributed by atoms with van der Waals surface area (Å²) in [7, 11) is 0. The van der Waals surface area contributed by atoms with Crippen molar-refractivity contribution in [3.05, 3.63) is 230 Å². The normalized spacial score (nSPS) is 15.2.